The fourth-order valence-electron chi connectivity index (χ4n) is 3.07. The minimum atomic E-state index is -3.71. The number of carbonyl (C=O) groups excluding carboxylic acids is 1. The number of rotatable bonds is 5. The van der Waals surface area contributed by atoms with E-state index >= 15 is 0 Å². The van der Waals surface area contributed by atoms with E-state index in [9.17, 15) is 17.6 Å². The average Bonchev–Trinajstić information content (AvgIpc) is 3.26. The van der Waals surface area contributed by atoms with Gasteiger partial charge in [0.05, 0.1) is 12.1 Å². The van der Waals surface area contributed by atoms with Crippen LogP contribution in [-0.4, -0.2) is 31.8 Å². The summed E-state index contributed by atoms with van der Waals surface area (Å²) in [6.45, 7) is 2.11. The quantitative estimate of drug-likeness (QED) is 0.865. The molecule has 0 aliphatic carbocycles. The van der Waals surface area contributed by atoms with Crippen molar-refractivity contribution in [1.82, 2.24) is 9.62 Å². The van der Waals surface area contributed by atoms with Crippen LogP contribution < -0.4 is 4.72 Å². The summed E-state index contributed by atoms with van der Waals surface area (Å²) in [5.74, 6) is -0.594. The Bertz CT molecular complexity index is 835. The molecule has 0 bridgehead atoms. The van der Waals surface area contributed by atoms with E-state index in [2.05, 4.69) is 4.72 Å². The molecule has 1 fully saturated rings. The molecule has 2 heterocycles. The van der Waals surface area contributed by atoms with Crippen molar-refractivity contribution in [3.8, 4) is 0 Å². The van der Waals surface area contributed by atoms with Crippen LogP contribution in [0, 0.1) is 5.82 Å². The number of hydrogen-bond acceptors (Lipinski definition) is 4. The van der Waals surface area contributed by atoms with E-state index in [0.29, 0.717) is 6.54 Å². The van der Waals surface area contributed by atoms with E-state index in [4.69, 9.17) is 0 Å². The highest BCUT2D eigenvalue weighted by Gasteiger charge is 2.34. The molecule has 1 aromatic heterocycles. The number of nitrogens with zero attached hydrogens (tertiary/aromatic N) is 1. The molecule has 0 saturated carbocycles. The van der Waals surface area contributed by atoms with Gasteiger partial charge in [0, 0.05) is 6.54 Å². The monoisotopic (exact) mass is 382 g/mol. The summed E-state index contributed by atoms with van der Waals surface area (Å²) in [7, 11) is -3.71. The van der Waals surface area contributed by atoms with Crippen molar-refractivity contribution >= 4 is 27.3 Å². The van der Waals surface area contributed by atoms with Gasteiger partial charge in [-0.3, -0.25) is 4.79 Å². The molecule has 2 aromatic rings. The normalized spacial score (nSPS) is 19.1. The molecule has 2 atom stereocenters. The molecule has 3 rings (SSSR count). The zero-order valence-corrected chi connectivity index (χ0v) is 15.3. The SMILES string of the molecule is CC(NS(=O)(=O)c1cccs1)C(=O)N1CCCC1c1ccc(F)cc1. The smallest absolute Gasteiger partial charge is 0.250 e. The standard InChI is InChI=1S/C17H19FN2O3S2/c1-12(19-25(22,23)16-5-3-11-24-16)17(21)20-10-2-4-15(20)13-6-8-14(18)9-7-13/h3,5-9,11-12,15,19H,2,4,10H2,1H3. The molecule has 2 unspecified atom stereocenters. The van der Waals surface area contributed by atoms with Gasteiger partial charge < -0.3 is 4.90 Å². The fourth-order valence-corrected chi connectivity index (χ4v) is 5.27. The molecule has 1 aliphatic heterocycles. The predicted molar refractivity (Wildman–Crippen MR) is 94.2 cm³/mol. The van der Waals surface area contributed by atoms with Crippen LogP contribution >= 0.6 is 11.3 Å². The number of carbonyl (C=O) groups is 1. The third-order valence-corrected chi connectivity index (χ3v) is 7.19. The minimum Gasteiger partial charge on any atom is -0.334 e. The molecule has 1 saturated heterocycles. The van der Waals surface area contributed by atoms with E-state index < -0.39 is 16.1 Å². The molecule has 134 valence electrons. The molecule has 1 aliphatic rings. The van der Waals surface area contributed by atoms with Crippen molar-refractivity contribution in [3.05, 3.63) is 53.2 Å². The Balaban J connectivity index is 1.74. The summed E-state index contributed by atoms with van der Waals surface area (Å²) in [5, 5.41) is 1.67. The van der Waals surface area contributed by atoms with Crippen molar-refractivity contribution in [2.45, 2.75) is 36.1 Å². The number of nitrogens with one attached hydrogen (secondary N) is 1. The van der Waals surface area contributed by atoms with E-state index in [1.54, 1.807) is 35.4 Å². The Hall–Kier alpha value is -1.77. The first-order valence-corrected chi connectivity index (χ1v) is 10.4. The Labute approximate surface area is 150 Å². The van der Waals surface area contributed by atoms with Gasteiger partial charge >= 0.3 is 0 Å². The highest BCUT2D eigenvalue weighted by atomic mass is 32.2. The van der Waals surface area contributed by atoms with Gasteiger partial charge in [-0.15, -0.1) is 11.3 Å². The summed E-state index contributed by atoms with van der Waals surface area (Å²) in [6.07, 6.45) is 1.61. The van der Waals surface area contributed by atoms with Gasteiger partial charge in [0.1, 0.15) is 10.0 Å². The number of likely N-dealkylation sites (tertiary alicyclic amines) is 1. The topological polar surface area (TPSA) is 66.5 Å². The number of hydrogen-bond donors (Lipinski definition) is 1. The Morgan fingerprint density at radius 3 is 2.68 bits per heavy atom. The molecule has 25 heavy (non-hydrogen) atoms. The predicted octanol–water partition coefficient (Wildman–Crippen LogP) is 2.92. The first-order valence-electron chi connectivity index (χ1n) is 8.00. The number of sulfonamides is 1. The van der Waals surface area contributed by atoms with Crippen LogP contribution in [0.2, 0.25) is 0 Å². The Morgan fingerprint density at radius 1 is 1.32 bits per heavy atom. The second kappa shape index (κ2) is 7.23. The maximum Gasteiger partial charge on any atom is 0.250 e. The lowest BCUT2D eigenvalue weighted by Crippen LogP contribution is -2.46. The van der Waals surface area contributed by atoms with Crippen molar-refractivity contribution < 1.29 is 17.6 Å². The lowest BCUT2D eigenvalue weighted by molar-refractivity contribution is -0.133. The van der Waals surface area contributed by atoms with E-state index in [1.165, 1.54) is 18.2 Å². The molecule has 1 N–H and O–H groups in total. The summed E-state index contributed by atoms with van der Waals surface area (Å²) in [5.41, 5.74) is 0.862. The zero-order chi connectivity index (χ0) is 18.0. The van der Waals surface area contributed by atoms with Crippen LogP contribution in [0.25, 0.3) is 0 Å². The largest absolute Gasteiger partial charge is 0.334 e. The van der Waals surface area contributed by atoms with Gasteiger partial charge in [-0.05, 0) is 48.9 Å². The molecular formula is C17H19FN2O3S2. The van der Waals surface area contributed by atoms with Crippen LogP contribution in [0.1, 0.15) is 31.4 Å². The average molecular weight is 382 g/mol. The lowest BCUT2D eigenvalue weighted by atomic mass is 10.0. The number of benzene rings is 1. The molecule has 0 spiro atoms. The number of halogens is 1. The van der Waals surface area contributed by atoms with Gasteiger partial charge in [0.15, 0.2) is 0 Å². The third kappa shape index (κ3) is 3.91. The van der Waals surface area contributed by atoms with Crippen molar-refractivity contribution in [2.24, 2.45) is 0 Å². The first-order chi connectivity index (χ1) is 11.9. The summed E-state index contributed by atoms with van der Waals surface area (Å²) in [6, 6.07) is 8.23. The van der Waals surface area contributed by atoms with E-state index in [0.717, 1.165) is 29.7 Å². The molecule has 1 amide bonds. The second-order valence-corrected chi connectivity index (χ2v) is 8.90. The highest BCUT2D eigenvalue weighted by Crippen LogP contribution is 2.32. The van der Waals surface area contributed by atoms with Crippen LogP contribution in [0.4, 0.5) is 4.39 Å². The second-order valence-electron chi connectivity index (χ2n) is 6.02. The van der Waals surface area contributed by atoms with E-state index in [1.807, 2.05) is 0 Å². The lowest BCUT2D eigenvalue weighted by Gasteiger charge is -2.28. The van der Waals surface area contributed by atoms with Crippen LogP contribution in [-0.2, 0) is 14.8 Å². The maximum atomic E-state index is 13.1. The van der Waals surface area contributed by atoms with Gasteiger partial charge in [0.25, 0.3) is 10.0 Å². The summed E-state index contributed by atoms with van der Waals surface area (Å²) in [4.78, 5) is 14.4. The van der Waals surface area contributed by atoms with Crippen molar-refractivity contribution in [2.75, 3.05) is 6.54 Å². The minimum absolute atomic E-state index is 0.151. The van der Waals surface area contributed by atoms with E-state index in [-0.39, 0.29) is 22.0 Å². The first kappa shape index (κ1) is 18.0. The van der Waals surface area contributed by atoms with Crippen LogP contribution in [0.5, 0.6) is 0 Å². The fraction of sp³-hybridized carbons (Fsp3) is 0.353. The van der Waals surface area contributed by atoms with Gasteiger partial charge in [-0.1, -0.05) is 18.2 Å². The third-order valence-electron chi connectivity index (χ3n) is 4.25. The molecule has 1 aromatic carbocycles. The maximum absolute atomic E-state index is 13.1. The van der Waals surface area contributed by atoms with Gasteiger partial charge in [-0.2, -0.15) is 4.72 Å². The molecule has 0 radical (unpaired) electrons. The van der Waals surface area contributed by atoms with Crippen molar-refractivity contribution in [3.63, 3.8) is 0 Å². The van der Waals surface area contributed by atoms with Crippen LogP contribution in [0.15, 0.2) is 46.0 Å². The molecule has 5 nitrogen and oxygen atoms in total. The highest BCUT2D eigenvalue weighted by molar-refractivity contribution is 7.91. The van der Waals surface area contributed by atoms with Crippen LogP contribution in [0.3, 0.4) is 0 Å². The molecular weight excluding hydrogens is 363 g/mol. The summed E-state index contributed by atoms with van der Waals surface area (Å²) >= 11 is 1.10. The zero-order valence-electron chi connectivity index (χ0n) is 13.7. The van der Waals surface area contributed by atoms with Gasteiger partial charge in [0.2, 0.25) is 5.91 Å². The number of thiophene rings is 1. The number of amides is 1. The van der Waals surface area contributed by atoms with Crippen molar-refractivity contribution in [1.29, 1.82) is 0 Å². The Morgan fingerprint density at radius 2 is 2.04 bits per heavy atom. The summed E-state index contributed by atoms with van der Waals surface area (Å²) < 4.78 is 40.4. The van der Waals surface area contributed by atoms with Gasteiger partial charge in [-0.25, -0.2) is 12.8 Å². The molecule has 8 heteroatoms. The Kier molecular flexibility index (Phi) is 5.21.